The van der Waals surface area contributed by atoms with Crippen LogP contribution in [0.5, 0.6) is 0 Å². The van der Waals surface area contributed by atoms with Crippen LogP contribution in [-0.4, -0.2) is 36.4 Å². The smallest absolute Gasteiger partial charge is 0.425 e. The molecule has 4 heteroatoms. The molecule has 2 bridgehead atoms. The third kappa shape index (κ3) is 3.39. The molecule has 162 valence electrons. The van der Waals surface area contributed by atoms with Crippen LogP contribution in [0.25, 0.3) is 11.1 Å². The first-order valence-corrected chi connectivity index (χ1v) is 11.7. The van der Waals surface area contributed by atoms with Crippen molar-refractivity contribution in [2.24, 2.45) is 5.92 Å². The van der Waals surface area contributed by atoms with E-state index in [1.165, 1.54) is 5.56 Å². The molecule has 4 nitrogen and oxygen atoms in total. The first-order valence-electron chi connectivity index (χ1n) is 11.7. The molecule has 3 aromatic carbocycles. The summed E-state index contributed by atoms with van der Waals surface area (Å²) in [5, 5.41) is 0. The van der Waals surface area contributed by atoms with Gasteiger partial charge in [0.2, 0.25) is 0 Å². The van der Waals surface area contributed by atoms with Crippen LogP contribution in [0.15, 0.2) is 78.9 Å². The van der Waals surface area contributed by atoms with Gasteiger partial charge in [-0.3, -0.25) is 0 Å². The van der Waals surface area contributed by atoms with Crippen LogP contribution in [-0.2, 0) is 16.0 Å². The van der Waals surface area contributed by atoms with E-state index in [9.17, 15) is 4.79 Å². The van der Waals surface area contributed by atoms with Gasteiger partial charge in [0.15, 0.2) is 12.2 Å². The molecule has 4 aliphatic rings. The molecule has 0 radical (unpaired) electrons. The molecular formula is C28H28NO3+. The summed E-state index contributed by atoms with van der Waals surface area (Å²) in [6, 6.07) is 27.0. The van der Waals surface area contributed by atoms with E-state index in [2.05, 4.69) is 42.5 Å². The average molecular weight is 427 g/mol. The van der Waals surface area contributed by atoms with Crippen LogP contribution in [0, 0.1) is 5.92 Å². The number of hydrogen-bond acceptors (Lipinski definition) is 3. The Bertz CT molecular complexity index is 1090. The van der Waals surface area contributed by atoms with Gasteiger partial charge in [0.05, 0.1) is 13.1 Å². The molecule has 7 rings (SSSR count). The normalized spacial score (nSPS) is 25.8. The Morgan fingerprint density at radius 1 is 0.781 bits per heavy atom. The number of benzene rings is 3. The summed E-state index contributed by atoms with van der Waals surface area (Å²) in [4.78, 5) is 13.0. The van der Waals surface area contributed by atoms with Crippen molar-refractivity contribution in [3.63, 3.8) is 0 Å². The van der Waals surface area contributed by atoms with Crippen molar-refractivity contribution in [3.05, 3.63) is 95.6 Å². The monoisotopic (exact) mass is 426 g/mol. The summed E-state index contributed by atoms with van der Waals surface area (Å²) < 4.78 is 13.0. The molecule has 3 saturated heterocycles. The van der Waals surface area contributed by atoms with Crippen molar-refractivity contribution in [1.82, 2.24) is 0 Å². The molecule has 3 fully saturated rings. The van der Waals surface area contributed by atoms with Crippen molar-refractivity contribution in [1.29, 1.82) is 0 Å². The number of nitrogens with zero attached hydrogens (tertiary/aromatic N) is 1. The fraction of sp³-hybridized carbons (Fsp3) is 0.321. The topological polar surface area (TPSA) is 35.5 Å². The Morgan fingerprint density at radius 3 is 2.03 bits per heavy atom. The van der Waals surface area contributed by atoms with Gasteiger partial charge in [-0.2, -0.15) is 0 Å². The minimum atomic E-state index is -0.543. The summed E-state index contributed by atoms with van der Waals surface area (Å²) in [7, 11) is 0. The Morgan fingerprint density at radius 2 is 1.38 bits per heavy atom. The van der Waals surface area contributed by atoms with Gasteiger partial charge in [0, 0.05) is 35.4 Å². The number of carbonyl (C=O) groups is 1. The Balaban J connectivity index is 1.18. The van der Waals surface area contributed by atoms with Crippen molar-refractivity contribution in [2.45, 2.75) is 31.6 Å². The number of quaternary nitrogens is 1. The van der Waals surface area contributed by atoms with Crippen molar-refractivity contribution < 1.29 is 18.8 Å². The summed E-state index contributed by atoms with van der Waals surface area (Å²) in [6.45, 7) is 4.22. The zero-order chi connectivity index (χ0) is 21.5. The highest BCUT2D eigenvalue weighted by Gasteiger charge is 2.48. The molecule has 1 aliphatic carbocycles. The maximum absolute atomic E-state index is 13.0. The maximum atomic E-state index is 13.0. The number of hydrogen-bond donors (Lipinski definition) is 0. The predicted molar refractivity (Wildman–Crippen MR) is 123 cm³/mol. The van der Waals surface area contributed by atoms with Gasteiger partial charge in [-0.1, -0.05) is 78.9 Å². The summed E-state index contributed by atoms with van der Waals surface area (Å²) >= 11 is 0. The van der Waals surface area contributed by atoms with Crippen LogP contribution in [0.3, 0.4) is 0 Å². The lowest BCUT2D eigenvalue weighted by atomic mass is 9.83. The van der Waals surface area contributed by atoms with Crippen LogP contribution < -0.4 is 0 Å². The molecule has 32 heavy (non-hydrogen) atoms. The lowest BCUT2D eigenvalue weighted by Crippen LogP contribution is -2.63. The fourth-order valence-electron chi connectivity index (χ4n) is 6.03. The van der Waals surface area contributed by atoms with E-state index in [4.69, 9.17) is 9.47 Å². The van der Waals surface area contributed by atoms with E-state index in [0.29, 0.717) is 5.92 Å². The van der Waals surface area contributed by atoms with E-state index in [0.717, 1.165) is 65.8 Å². The van der Waals surface area contributed by atoms with Gasteiger partial charge in [-0.25, -0.2) is 4.79 Å². The summed E-state index contributed by atoms with van der Waals surface area (Å²) in [5.41, 5.74) is 5.69. The molecule has 3 heterocycles. The number of rotatable bonds is 4. The van der Waals surface area contributed by atoms with E-state index in [-0.39, 0.29) is 6.10 Å². The maximum Gasteiger partial charge on any atom is 0.509 e. The van der Waals surface area contributed by atoms with Crippen LogP contribution in [0.4, 0.5) is 4.79 Å². The molecular weight excluding hydrogens is 398 g/mol. The van der Waals surface area contributed by atoms with E-state index >= 15 is 0 Å². The van der Waals surface area contributed by atoms with Gasteiger partial charge >= 0.3 is 6.16 Å². The molecule has 0 aromatic heterocycles. The van der Waals surface area contributed by atoms with Crippen LogP contribution in [0.1, 0.15) is 35.6 Å². The standard InChI is InChI=1S/C28H28NO3/c30-28(32-27-24-12-6-4-10-22(24)23-11-5-7-13-25(23)27)31-26-19-29(16-14-21(26)15-17-29)18-20-8-2-1-3-9-20/h1-13,21,26-27H,14-19H2/q+1. The lowest BCUT2D eigenvalue weighted by molar-refractivity contribution is -0.958. The SMILES string of the molecule is O=C(OC1c2ccccc2-c2ccccc21)OC1C[N+]2(Cc3ccccc3)CCC1CC2. The van der Waals surface area contributed by atoms with Crippen LogP contribution in [0.2, 0.25) is 0 Å². The Hall–Kier alpha value is -3.11. The third-order valence-electron chi connectivity index (χ3n) is 7.64. The number of piperidine rings is 3. The summed E-state index contributed by atoms with van der Waals surface area (Å²) in [5.74, 6) is 0.446. The first kappa shape index (κ1) is 19.6. The first-order chi connectivity index (χ1) is 15.7. The van der Waals surface area contributed by atoms with Crippen molar-refractivity contribution in [3.8, 4) is 11.1 Å². The van der Waals surface area contributed by atoms with Gasteiger partial charge in [0.1, 0.15) is 13.1 Å². The second-order valence-corrected chi connectivity index (χ2v) is 9.53. The van der Waals surface area contributed by atoms with Gasteiger partial charge in [-0.15, -0.1) is 0 Å². The minimum absolute atomic E-state index is 0.0689. The Labute approximate surface area is 189 Å². The number of carbonyl (C=O) groups excluding carboxylic acids is 1. The molecule has 3 aromatic rings. The van der Waals surface area contributed by atoms with Crippen LogP contribution >= 0.6 is 0 Å². The van der Waals surface area contributed by atoms with Gasteiger partial charge in [0.25, 0.3) is 0 Å². The van der Waals surface area contributed by atoms with Gasteiger partial charge < -0.3 is 14.0 Å². The fourth-order valence-corrected chi connectivity index (χ4v) is 6.03. The van der Waals surface area contributed by atoms with Gasteiger partial charge in [-0.05, 0) is 11.1 Å². The lowest BCUT2D eigenvalue weighted by Gasteiger charge is -2.51. The quantitative estimate of drug-likeness (QED) is 0.395. The van der Waals surface area contributed by atoms with Crippen molar-refractivity contribution >= 4 is 6.16 Å². The third-order valence-corrected chi connectivity index (χ3v) is 7.64. The summed E-state index contributed by atoms with van der Waals surface area (Å²) in [6.07, 6.45) is 1.21. The molecule has 1 atom stereocenters. The number of fused-ring (bicyclic) bond motifs is 6. The second-order valence-electron chi connectivity index (χ2n) is 9.53. The molecule has 3 aliphatic heterocycles. The Kier molecular flexibility index (Phi) is 4.76. The van der Waals surface area contributed by atoms with Crippen molar-refractivity contribution in [2.75, 3.05) is 19.6 Å². The molecule has 0 N–H and O–H groups in total. The highest BCUT2D eigenvalue weighted by Crippen LogP contribution is 2.45. The largest absolute Gasteiger partial charge is 0.509 e. The van der Waals surface area contributed by atoms with E-state index in [1.54, 1.807) is 0 Å². The second kappa shape index (κ2) is 7.79. The molecule has 1 unspecified atom stereocenters. The molecule has 0 amide bonds. The predicted octanol–water partition coefficient (Wildman–Crippen LogP) is 5.72. The van der Waals surface area contributed by atoms with E-state index < -0.39 is 12.3 Å². The molecule has 0 saturated carbocycles. The molecule has 0 spiro atoms. The zero-order valence-corrected chi connectivity index (χ0v) is 18.2. The zero-order valence-electron chi connectivity index (χ0n) is 18.2. The highest BCUT2D eigenvalue weighted by atomic mass is 16.7. The average Bonchev–Trinajstić information content (AvgIpc) is 3.14. The highest BCUT2D eigenvalue weighted by molar-refractivity contribution is 5.79. The number of ether oxygens (including phenoxy) is 2. The van der Waals surface area contributed by atoms with E-state index in [1.807, 2.05) is 36.4 Å². The minimum Gasteiger partial charge on any atom is -0.425 e.